The first-order valence-electron chi connectivity index (χ1n) is 11.8. The topological polar surface area (TPSA) is 15.7 Å². The van der Waals surface area contributed by atoms with Crippen molar-refractivity contribution >= 4 is 22.7 Å². The van der Waals surface area contributed by atoms with Crippen molar-refractivity contribution in [2.45, 2.75) is 90.9 Å². The monoisotopic (exact) mass is 466 g/mol. The molecule has 0 saturated heterocycles. The van der Waals surface area contributed by atoms with Crippen LogP contribution in [-0.4, -0.2) is 24.7 Å². The molecular formula is C25H43BrN2O. The van der Waals surface area contributed by atoms with Gasteiger partial charge in [-0.1, -0.05) is 77.6 Å². The smallest absolute Gasteiger partial charge is 0.119 e. The largest absolute Gasteiger partial charge is 0.494 e. The summed E-state index contributed by atoms with van der Waals surface area (Å²) in [5, 5.41) is 0. The standard InChI is InChI=1S/C25H42N2O.BrH/c1-3-5-6-7-8-9-10-11-12-13-14-15-20-26-21-22-27(23-26)24-16-18-25(19-17-24)28-4-2;/h16-19,21-22H,3-15,20,23H2,1-2H3;1H. The fourth-order valence-electron chi connectivity index (χ4n) is 3.83. The second-order valence-corrected chi connectivity index (χ2v) is 8.04. The van der Waals surface area contributed by atoms with Crippen molar-refractivity contribution in [3.63, 3.8) is 0 Å². The van der Waals surface area contributed by atoms with Gasteiger partial charge in [-0.3, -0.25) is 0 Å². The zero-order chi connectivity index (χ0) is 19.9. The molecule has 1 heterocycles. The van der Waals surface area contributed by atoms with Gasteiger partial charge in [0.1, 0.15) is 5.75 Å². The van der Waals surface area contributed by atoms with E-state index in [1.165, 1.54) is 89.3 Å². The summed E-state index contributed by atoms with van der Waals surface area (Å²) in [7, 11) is 0. The van der Waals surface area contributed by atoms with Crippen LogP contribution in [-0.2, 0) is 0 Å². The zero-order valence-corrected chi connectivity index (χ0v) is 20.5. The van der Waals surface area contributed by atoms with Gasteiger partial charge in [0.25, 0.3) is 0 Å². The Morgan fingerprint density at radius 3 is 1.83 bits per heavy atom. The van der Waals surface area contributed by atoms with E-state index < -0.39 is 0 Å². The van der Waals surface area contributed by atoms with Gasteiger partial charge in [-0.15, -0.1) is 17.0 Å². The van der Waals surface area contributed by atoms with Crippen molar-refractivity contribution in [3.8, 4) is 5.75 Å². The Hall–Kier alpha value is -1.16. The van der Waals surface area contributed by atoms with Crippen LogP contribution in [0.5, 0.6) is 5.75 Å². The van der Waals surface area contributed by atoms with E-state index in [-0.39, 0.29) is 17.0 Å². The van der Waals surface area contributed by atoms with Crippen LogP contribution in [0.15, 0.2) is 36.7 Å². The highest BCUT2D eigenvalue weighted by Gasteiger charge is 2.13. The molecule has 0 atom stereocenters. The van der Waals surface area contributed by atoms with E-state index in [1.807, 2.05) is 6.92 Å². The van der Waals surface area contributed by atoms with Gasteiger partial charge in [-0.2, -0.15) is 0 Å². The minimum atomic E-state index is 0. The van der Waals surface area contributed by atoms with Crippen LogP contribution in [0.4, 0.5) is 5.69 Å². The summed E-state index contributed by atoms with van der Waals surface area (Å²) in [6.07, 6.45) is 21.3. The van der Waals surface area contributed by atoms with Crippen LogP contribution < -0.4 is 9.64 Å². The molecule has 0 bridgehead atoms. The highest BCUT2D eigenvalue weighted by Crippen LogP contribution is 2.23. The number of halogens is 1. The van der Waals surface area contributed by atoms with E-state index in [0.29, 0.717) is 0 Å². The quantitative estimate of drug-likeness (QED) is 0.230. The Bertz CT molecular complexity index is 532. The van der Waals surface area contributed by atoms with E-state index in [2.05, 4.69) is 53.4 Å². The maximum Gasteiger partial charge on any atom is 0.119 e. The van der Waals surface area contributed by atoms with Gasteiger partial charge < -0.3 is 14.5 Å². The first kappa shape index (κ1) is 25.9. The lowest BCUT2D eigenvalue weighted by Gasteiger charge is -2.21. The van der Waals surface area contributed by atoms with Crippen LogP contribution in [0.1, 0.15) is 90.9 Å². The molecule has 0 amide bonds. The number of unbranched alkanes of at least 4 members (excludes halogenated alkanes) is 11. The number of nitrogens with zero attached hydrogens (tertiary/aromatic N) is 2. The van der Waals surface area contributed by atoms with Gasteiger partial charge in [0.05, 0.1) is 13.3 Å². The molecule has 0 saturated carbocycles. The Balaban J connectivity index is 0.00000420. The van der Waals surface area contributed by atoms with E-state index in [4.69, 9.17) is 4.74 Å². The number of anilines is 1. The van der Waals surface area contributed by atoms with Crippen LogP contribution in [0.25, 0.3) is 0 Å². The average molecular weight is 468 g/mol. The van der Waals surface area contributed by atoms with Crippen molar-refractivity contribution in [3.05, 3.63) is 36.7 Å². The van der Waals surface area contributed by atoms with Crippen molar-refractivity contribution in [2.24, 2.45) is 0 Å². The summed E-state index contributed by atoms with van der Waals surface area (Å²) in [4.78, 5) is 4.73. The van der Waals surface area contributed by atoms with Crippen molar-refractivity contribution < 1.29 is 4.74 Å². The molecule has 0 radical (unpaired) electrons. The minimum Gasteiger partial charge on any atom is -0.494 e. The number of hydrogen-bond acceptors (Lipinski definition) is 3. The molecule has 0 unspecified atom stereocenters. The number of rotatable bonds is 16. The highest BCUT2D eigenvalue weighted by atomic mass is 79.9. The van der Waals surface area contributed by atoms with Gasteiger partial charge in [-0.05, 0) is 37.6 Å². The van der Waals surface area contributed by atoms with E-state index in [9.17, 15) is 0 Å². The fraction of sp³-hybridized carbons (Fsp3) is 0.680. The van der Waals surface area contributed by atoms with Gasteiger partial charge in [0.15, 0.2) is 0 Å². The third-order valence-corrected chi connectivity index (χ3v) is 5.57. The summed E-state index contributed by atoms with van der Waals surface area (Å²) in [5.41, 5.74) is 1.23. The third-order valence-electron chi connectivity index (χ3n) is 5.57. The van der Waals surface area contributed by atoms with E-state index in [0.717, 1.165) is 19.0 Å². The number of ether oxygens (including phenoxy) is 1. The molecule has 0 spiro atoms. The summed E-state index contributed by atoms with van der Waals surface area (Å²) in [6.45, 7) is 7.16. The molecule has 4 heteroatoms. The second-order valence-electron chi connectivity index (χ2n) is 8.04. The zero-order valence-electron chi connectivity index (χ0n) is 18.8. The van der Waals surface area contributed by atoms with Crippen molar-refractivity contribution in [2.75, 3.05) is 24.7 Å². The van der Waals surface area contributed by atoms with Crippen LogP contribution in [0.3, 0.4) is 0 Å². The summed E-state index contributed by atoms with van der Waals surface area (Å²) in [6, 6.07) is 8.40. The van der Waals surface area contributed by atoms with E-state index >= 15 is 0 Å². The molecule has 0 fully saturated rings. The van der Waals surface area contributed by atoms with Crippen LogP contribution >= 0.6 is 17.0 Å². The van der Waals surface area contributed by atoms with Crippen LogP contribution in [0.2, 0.25) is 0 Å². The van der Waals surface area contributed by atoms with Gasteiger partial charge in [-0.25, -0.2) is 0 Å². The van der Waals surface area contributed by atoms with Gasteiger partial charge in [0, 0.05) is 24.6 Å². The molecule has 0 aromatic heterocycles. The molecule has 29 heavy (non-hydrogen) atoms. The lowest BCUT2D eigenvalue weighted by molar-refractivity contribution is 0.340. The third kappa shape index (κ3) is 11.0. The predicted molar refractivity (Wildman–Crippen MR) is 132 cm³/mol. The maximum atomic E-state index is 5.52. The molecule has 3 nitrogen and oxygen atoms in total. The normalized spacial score (nSPS) is 13.0. The SMILES string of the molecule is Br.CCCCCCCCCCCCCCN1C=CN(c2ccc(OCC)cc2)C1. The molecule has 2 rings (SSSR count). The number of hydrogen-bond donors (Lipinski definition) is 0. The van der Waals surface area contributed by atoms with Gasteiger partial charge >= 0.3 is 0 Å². The summed E-state index contributed by atoms with van der Waals surface area (Å²) in [5.74, 6) is 0.947. The average Bonchev–Trinajstić information content (AvgIpc) is 3.18. The molecule has 1 aliphatic heterocycles. The first-order chi connectivity index (χ1) is 13.8. The molecular weight excluding hydrogens is 424 g/mol. The second kappa shape index (κ2) is 16.6. The number of benzene rings is 1. The minimum absolute atomic E-state index is 0. The first-order valence-corrected chi connectivity index (χ1v) is 11.8. The Labute approximate surface area is 190 Å². The van der Waals surface area contributed by atoms with Gasteiger partial charge in [0.2, 0.25) is 0 Å². The predicted octanol–water partition coefficient (Wildman–Crippen LogP) is 7.92. The highest BCUT2D eigenvalue weighted by molar-refractivity contribution is 8.93. The lowest BCUT2D eigenvalue weighted by atomic mass is 10.1. The van der Waals surface area contributed by atoms with Crippen molar-refractivity contribution in [1.82, 2.24) is 4.90 Å². The molecule has 1 aliphatic rings. The molecule has 0 aliphatic carbocycles. The molecule has 1 aromatic rings. The van der Waals surface area contributed by atoms with Crippen molar-refractivity contribution in [1.29, 1.82) is 0 Å². The fourth-order valence-corrected chi connectivity index (χ4v) is 3.83. The maximum absolute atomic E-state index is 5.52. The molecule has 166 valence electrons. The van der Waals surface area contributed by atoms with E-state index in [1.54, 1.807) is 0 Å². The summed E-state index contributed by atoms with van der Waals surface area (Å²) >= 11 is 0. The Morgan fingerprint density at radius 1 is 0.724 bits per heavy atom. The summed E-state index contributed by atoms with van der Waals surface area (Å²) < 4.78 is 5.52. The molecule has 1 aromatic carbocycles. The Kier molecular flexibility index (Phi) is 14.8. The van der Waals surface area contributed by atoms with Crippen LogP contribution in [0, 0.1) is 0 Å². The lowest BCUT2D eigenvalue weighted by Crippen LogP contribution is -2.25. The molecule has 0 N–H and O–H groups in total. The Morgan fingerprint density at radius 2 is 1.28 bits per heavy atom.